The number of nitrogens with one attached hydrogen (secondary N) is 1. The Morgan fingerprint density at radius 1 is 1.50 bits per heavy atom. The van der Waals surface area contributed by atoms with E-state index in [2.05, 4.69) is 10.2 Å². The van der Waals surface area contributed by atoms with E-state index in [9.17, 15) is 4.79 Å². The first-order valence-corrected chi connectivity index (χ1v) is 5.90. The Balaban J connectivity index is 2.14. The van der Waals surface area contributed by atoms with Crippen molar-refractivity contribution in [3.05, 3.63) is 29.5 Å². The Morgan fingerprint density at radius 3 is 3.05 bits per heavy atom. The highest BCUT2D eigenvalue weighted by molar-refractivity contribution is 5.88. The van der Waals surface area contributed by atoms with Crippen LogP contribution in [0.25, 0.3) is 11.3 Å². The summed E-state index contributed by atoms with van der Waals surface area (Å²) in [5.41, 5.74) is 2.03. The molecule has 0 spiro atoms. The number of rotatable bonds is 4. The molecule has 0 fully saturated rings. The number of benzene rings is 1. The lowest BCUT2D eigenvalue weighted by atomic mass is 10.0. The zero-order chi connectivity index (χ0) is 14.1. The summed E-state index contributed by atoms with van der Waals surface area (Å²) in [6.07, 6.45) is 0. The molecule has 0 bridgehead atoms. The van der Waals surface area contributed by atoms with Crippen LogP contribution in [0.3, 0.4) is 0 Å². The molecule has 0 saturated heterocycles. The number of hydrogen-bond acceptors (Lipinski definition) is 5. The molecule has 0 radical (unpaired) electrons. The number of methoxy groups -OCH3 is 1. The van der Waals surface area contributed by atoms with Gasteiger partial charge in [-0.25, -0.2) is 4.79 Å². The molecule has 2 N–H and O–H groups in total. The van der Waals surface area contributed by atoms with Gasteiger partial charge in [0.1, 0.15) is 5.69 Å². The van der Waals surface area contributed by atoms with Gasteiger partial charge in [-0.2, -0.15) is 5.10 Å². The average molecular weight is 276 g/mol. The van der Waals surface area contributed by atoms with Crippen molar-refractivity contribution in [3.8, 4) is 22.8 Å². The van der Waals surface area contributed by atoms with Crippen LogP contribution in [0.4, 0.5) is 0 Å². The van der Waals surface area contributed by atoms with Gasteiger partial charge in [0.25, 0.3) is 0 Å². The molecule has 2 aromatic rings. The summed E-state index contributed by atoms with van der Waals surface area (Å²) in [5.74, 6) is 0.101. The van der Waals surface area contributed by atoms with E-state index in [1.807, 2.05) is 6.07 Å². The maximum atomic E-state index is 10.9. The summed E-state index contributed by atoms with van der Waals surface area (Å²) in [5, 5.41) is 15.5. The number of aromatic amines is 1. The monoisotopic (exact) mass is 276 g/mol. The maximum Gasteiger partial charge on any atom is 0.353 e. The van der Waals surface area contributed by atoms with Crippen LogP contribution in [0, 0.1) is 0 Å². The number of ether oxygens (including phenoxy) is 3. The van der Waals surface area contributed by atoms with Crippen molar-refractivity contribution in [3.63, 3.8) is 0 Å². The van der Waals surface area contributed by atoms with Gasteiger partial charge < -0.3 is 19.3 Å². The molecule has 1 aromatic heterocycles. The summed E-state index contributed by atoms with van der Waals surface area (Å²) in [6.45, 7) is 0.496. The lowest BCUT2D eigenvalue weighted by molar-refractivity contribution is 0.0690. The quantitative estimate of drug-likeness (QED) is 0.881. The first-order chi connectivity index (χ1) is 9.70. The smallest absolute Gasteiger partial charge is 0.353 e. The Hall–Kier alpha value is -2.54. The fourth-order valence-electron chi connectivity index (χ4n) is 2.13. The molecule has 1 aliphatic rings. The van der Waals surface area contributed by atoms with Gasteiger partial charge in [-0.05, 0) is 17.7 Å². The Kier molecular flexibility index (Phi) is 3.03. The van der Waals surface area contributed by atoms with Gasteiger partial charge in [0, 0.05) is 7.11 Å². The number of carbonyl (C=O) groups is 1. The fourth-order valence-corrected chi connectivity index (χ4v) is 2.13. The maximum absolute atomic E-state index is 10.9. The average Bonchev–Trinajstić information content (AvgIpc) is 3.07. The number of aromatic nitrogens is 2. The second kappa shape index (κ2) is 4.86. The van der Waals surface area contributed by atoms with Crippen LogP contribution < -0.4 is 9.47 Å². The summed E-state index contributed by atoms with van der Waals surface area (Å²) in [6, 6.07) is 5.10. The largest absolute Gasteiger partial charge is 0.477 e. The lowest BCUT2D eigenvalue weighted by Gasteiger charge is -2.09. The molecule has 7 heteroatoms. The van der Waals surface area contributed by atoms with E-state index in [1.54, 1.807) is 13.2 Å². The minimum atomic E-state index is -1.07. The van der Waals surface area contributed by atoms with E-state index < -0.39 is 5.97 Å². The molecule has 2 heterocycles. The van der Waals surface area contributed by atoms with Crippen LogP contribution in [0.2, 0.25) is 0 Å². The molecule has 7 nitrogen and oxygen atoms in total. The lowest BCUT2D eigenvalue weighted by Crippen LogP contribution is -1.96. The highest BCUT2D eigenvalue weighted by Crippen LogP contribution is 2.43. The standard InChI is InChI=1S/C13H12N2O5/c1-18-5-7-2-3-10-12(20-6-19-10)11(7)8-4-9(13(16)17)15-14-8/h2-4H,5-6H2,1H3,(H,14,15)(H,16,17). The number of fused-ring (bicyclic) bond motifs is 1. The molecule has 0 amide bonds. The molecule has 0 aliphatic carbocycles. The Bertz CT molecular complexity index is 665. The van der Waals surface area contributed by atoms with Crippen molar-refractivity contribution in [1.82, 2.24) is 10.2 Å². The zero-order valence-electron chi connectivity index (χ0n) is 10.7. The Morgan fingerprint density at radius 2 is 2.35 bits per heavy atom. The van der Waals surface area contributed by atoms with E-state index in [0.29, 0.717) is 29.4 Å². The molecule has 0 saturated carbocycles. The topological polar surface area (TPSA) is 93.7 Å². The Labute approximate surface area is 114 Å². The molecular weight excluding hydrogens is 264 g/mol. The predicted octanol–water partition coefficient (Wildman–Crippen LogP) is 1.65. The molecule has 1 aliphatic heterocycles. The van der Waals surface area contributed by atoms with E-state index in [-0.39, 0.29) is 12.5 Å². The third-order valence-corrected chi connectivity index (χ3v) is 2.99. The van der Waals surface area contributed by atoms with Crippen molar-refractivity contribution in [2.24, 2.45) is 0 Å². The summed E-state index contributed by atoms with van der Waals surface area (Å²) < 4.78 is 15.9. The minimum absolute atomic E-state index is 0.0138. The molecular formula is C13H12N2O5. The third kappa shape index (κ3) is 1.97. The second-order valence-corrected chi connectivity index (χ2v) is 4.24. The summed E-state index contributed by atoms with van der Waals surface area (Å²) in [4.78, 5) is 10.9. The minimum Gasteiger partial charge on any atom is -0.477 e. The van der Waals surface area contributed by atoms with Crippen LogP contribution in [0.5, 0.6) is 11.5 Å². The highest BCUT2D eigenvalue weighted by Gasteiger charge is 2.24. The number of hydrogen-bond donors (Lipinski definition) is 2. The number of H-pyrrole nitrogens is 1. The summed E-state index contributed by atoms with van der Waals surface area (Å²) >= 11 is 0. The third-order valence-electron chi connectivity index (χ3n) is 2.99. The number of carboxylic acid groups (broad SMARTS) is 1. The number of carboxylic acids is 1. The second-order valence-electron chi connectivity index (χ2n) is 4.24. The van der Waals surface area contributed by atoms with Gasteiger partial charge in [-0.1, -0.05) is 6.07 Å². The molecule has 1 aromatic carbocycles. The van der Waals surface area contributed by atoms with Crippen LogP contribution in [0.1, 0.15) is 16.1 Å². The van der Waals surface area contributed by atoms with Crippen LogP contribution in [-0.4, -0.2) is 35.2 Å². The highest BCUT2D eigenvalue weighted by atomic mass is 16.7. The molecule has 104 valence electrons. The summed E-state index contributed by atoms with van der Waals surface area (Å²) in [7, 11) is 1.58. The van der Waals surface area contributed by atoms with Crippen LogP contribution in [-0.2, 0) is 11.3 Å². The van der Waals surface area contributed by atoms with Gasteiger partial charge in [0.15, 0.2) is 11.5 Å². The van der Waals surface area contributed by atoms with Crippen molar-refractivity contribution >= 4 is 5.97 Å². The van der Waals surface area contributed by atoms with E-state index in [4.69, 9.17) is 19.3 Å². The van der Waals surface area contributed by atoms with Crippen LogP contribution >= 0.6 is 0 Å². The molecule has 0 atom stereocenters. The van der Waals surface area contributed by atoms with E-state index in [0.717, 1.165) is 5.56 Å². The fraction of sp³-hybridized carbons (Fsp3) is 0.231. The van der Waals surface area contributed by atoms with E-state index in [1.165, 1.54) is 6.07 Å². The van der Waals surface area contributed by atoms with Crippen molar-refractivity contribution in [2.45, 2.75) is 6.61 Å². The molecule has 3 rings (SSSR count). The predicted molar refractivity (Wildman–Crippen MR) is 67.8 cm³/mol. The van der Waals surface area contributed by atoms with Crippen molar-refractivity contribution in [1.29, 1.82) is 0 Å². The molecule has 20 heavy (non-hydrogen) atoms. The van der Waals surface area contributed by atoms with E-state index >= 15 is 0 Å². The number of nitrogens with zero attached hydrogens (tertiary/aromatic N) is 1. The first-order valence-electron chi connectivity index (χ1n) is 5.90. The molecule has 0 unspecified atom stereocenters. The number of aromatic carboxylic acids is 1. The van der Waals surface area contributed by atoms with Crippen LogP contribution in [0.15, 0.2) is 18.2 Å². The van der Waals surface area contributed by atoms with Crippen molar-refractivity contribution in [2.75, 3.05) is 13.9 Å². The normalized spacial score (nSPS) is 12.7. The SMILES string of the molecule is COCc1ccc2c(c1-c1cc(C(=O)O)[nH]n1)OCO2. The van der Waals surface area contributed by atoms with Gasteiger partial charge in [0.05, 0.1) is 17.9 Å². The van der Waals surface area contributed by atoms with Gasteiger partial charge in [0.2, 0.25) is 6.79 Å². The van der Waals surface area contributed by atoms with Crippen molar-refractivity contribution < 1.29 is 24.1 Å². The zero-order valence-corrected chi connectivity index (χ0v) is 10.7. The van der Waals surface area contributed by atoms with Gasteiger partial charge >= 0.3 is 5.97 Å². The van der Waals surface area contributed by atoms with Gasteiger partial charge in [-0.15, -0.1) is 0 Å². The first kappa shape index (κ1) is 12.5. The van der Waals surface area contributed by atoms with Gasteiger partial charge in [-0.3, -0.25) is 5.10 Å².